The van der Waals surface area contributed by atoms with Crippen molar-refractivity contribution >= 4 is 17.0 Å². The second kappa shape index (κ2) is 8.92. The molecule has 2 aliphatic carbocycles. The van der Waals surface area contributed by atoms with Crippen molar-refractivity contribution < 1.29 is 9.47 Å². The first-order chi connectivity index (χ1) is 14.3. The topological polar surface area (TPSA) is 56.6 Å². The average molecular weight is 412 g/mol. The number of rotatable bonds is 9. The molecule has 3 fully saturated rings. The van der Waals surface area contributed by atoms with E-state index in [0.717, 1.165) is 73.2 Å². The SMILES string of the molecule is c1csc(C(CC2CC2)=NCc2ccc(C3CCOCC3)c(OCC3CC3)n2)n1. The number of hydrogen-bond acceptors (Lipinski definition) is 6. The molecule has 6 heteroatoms. The molecule has 154 valence electrons. The Kier molecular flexibility index (Phi) is 5.90. The summed E-state index contributed by atoms with van der Waals surface area (Å²) >= 11 is 1.68. The van der Waals surface area contributed by atoms with Crippen molar-refractivity contribution in [3.05, 3.63) is 40.0 Å². The molecule has 5 nitrogen and oxygen atoms in total. The van der Waals surface area contributed by atoms with Crippen LogP contribution in [-0.4, -0.2) is 35.5 Å². The Balaban J connectivity index is 1.34. The molecule has 0 aromatic carbocycles. The number of thiazole rings is 1. The number of aromatic nitrogens is 2. The van der Waals surface area contributed by atoms with Gasteiger partial charge in [-0.25, -0.2) is 9.97 Å². The van der Waals surface area contributed by atoms with Gasteiger partial charge in [0.1, 0.15) is 5.01 Å². The Morgan fingerprint density at radius 2 is 1.93 bits per heavy atom. The third-order valence-corrected chi connectivity index (χ3v) is 6.87. The number of pyridine rings is 1. The first-order valence-electron chi connectivity index (χ1n) is 11.0. The molecule has 0 unspecified atom stereocenters. The highest BCUT2D eigenvalue weighted by molar-refractivity contribution is 7.11. The highest BCUT2D eigenvalue weighted by atomic mass is 32.1. The predicted octanol–water partition coefficient (Wildman–Crippen LogP) is 5.01. The van der Waals surface area contributed by atoms with Crippen LogP contribution in [0.3, 0.4) is 0 Å². The molecule has 5 rings (SSSR count). The van der Waals surface area contributed by atoms with Gasteiger partial charge >= 0.3 is 0 Å². The molecule has 1 aliphatic heterocycles. The smallest absolute Gasteiger partial charge is 0.217 e. The lowest BCUT2D eigenvalue weighted by atomic mass is 9.92. The molecular weight excluding hydrogens is 382 g/mol. The van der Waals surface area contributed by atoms with Crippen LogP contribution in [0.1, 0.15) is 67.1 Å². The van der Waals surface area contributed by atoms with Crippen molar-refractivity contribution in [3.63, 3.8) is 0 Å². The maximum absolute atomic E-state index is 6.20. The molecular formula is C23H29N3O2S. The Bertz CT molecular complexity index is 838. The Morgan fingerprint density at radius 1 is 1.10 bits per heavy atom. The van der Waals surface area contributed by atoms with E-state index >= 15 is 0 Å². The van der Waals surface area contributed by atoms with E-state index in [-0.39, 0.29) is 0 Å². The summed E-state index contributed by atoms with van der Waals surface area (Å²) in [5, 5.41) is 3.09. The Labute approximate surface area is 176 Å². The monoisotopic (exact) mass is 411 g/mol. The molecule has 0 atom stereocenters. The third kappa shape index (κ3) is 5.23. The van der Waals surface area contributed by atoms with Gasteiger partial charge in [0.05, 0.1) is 24.6 Å². The largest absolute Gasteiger partial charge is 0.477 e. The molecule has 0 bridgehead atoms. The molecule has 0 radical (unpaired) electrons. The Hall–Kier alpha value is -1.79. The van der Waals surface area contributed by atoms with Gasteiger partial charge in [0.2, 0.25) is 5.88 Å². The van der Waals surface area contributed by atoms with Crippen molar-refractivity contribution in [2.45, 2.75) is 57.4 Å². The van der Waals surface area contributed by atoms with E-state index in [4.69, 9.17) is 19.5 Å². The van der Waals surface area contributed by atoms with Gasteiger partial charge in [-0.05, 0) is 68.8 Å². The van der Waals surface area contributed by atoms with Crippen LogP contribution in [0.25, 0.3) is 0 Å². The number of aliphatic imine (C=N–C) groups is 1. The van der Waals surface area contributed by atoms with Crippen molar-refractivity contribution in [2.24, 2.45) is 16.8 Å². The molecule has 3 aliphatic rings. The standard InChI is InChI=1S/C23H29N3O2S/c1-2-16(1)13-21(23-24-9-12-29-23)25-14-19-5-6-20(18-7-10-27-11-8-18)22(26-19)28-15-17-3-4-17/h5-6,9,12,16-18H,1-4,7-8,10-11,13-15H2. The lowest BCUT2D eigenvalue weighted by Gasteiger charge is -2.24. The average Bonchev–Trinajstić information content (AvgIpc) is 3.70. The van der Waals surface area contributed by atoms with E-state index in [1.807, 2.05) is 11.6 Å². The fourth-order valence-electron chi connectivity index (χ4n) is 3.85. The maximum Gasteiger partial charge on any atom is 0.217 e. The molecule has 0 N–H and O–H groups in total. The highest BCUT2D eigenvalue weighted by Gasteiger charge is 2.26. The summed E-state index contributed by atoms with van der Waals surface area (Å²) in [6.07, 6.45) is 10.2. The second-order valence-corrected chi connectivity index (χ2v) is 9.48. The number of ether oxygens (including phenoxy) is 2. The van der Waals surface area contributed by atoms with Gasteiger partial charge in [-0.15, -0.1) is 11.3 Å². The van der Waals surface area contributed by atoms with E-state index in [2.05, 4.69) is 17.1 Å². The van der Waals surface area contributed by atoms with Gasteiger partial charge in [0.25, 0.3) is 0 Å². The fourth-order valence-corrected chi connectivity index (χ4v) is 4.51. The lowest BCUT2D eigenvalue weighted by molar-refractivity contribution is 0.0844. The summed E-state index contributed by atoms with van der Waals surface area (Å²) in [6, 6.07) is 4.36. The molecule has 1 saturated heterocycles. The molecule has 0 amide bonds. The fraction of sp³-hybridized carbons (Fsp3) is 0.609. The molecule has 2 aromatic heterocycles. The van der Waals surface area contributed by atoms with Crippen LogP contribution in [0.2, 0.25) is 0 Å². The molecule has 2 aromatic rings. The van der Waals surface area contributed by atoms with E-state index in [0.29, 0.717) is 12.5 Å². The van der Waals surface area contributed by atoms with Gasteiger partial charge < -0.3 is 9.47 Å². The van der Waals surface area contributed by atoms with Crippen LogP contribution >= 0.6 is 11.3 Å². The highest BCUT2D eigenvalue weighted by Crippen LogP contribution is 2.36. The summed E-state index contributed by atoms with van der Waals surface area (Å²) < 4.78 is 11.7. The van der Waals surface area contributed by atoms with Crippen molar-refractivity contribution in [1.82, 2.24) is 9.97 Å². The summed E-state index contributed by atoms with van der Waals surface area (Å²) in [7, 11) is 0. The van der Waals surface area contributed by atoms with Crippen LogP contribution < -0.4 is 4.74 Å². The van der Waals surface area contributed by atoms with Gasteiger partial charge in [0.15, 0.2) is 0 Å². The number of hydrogen-bond donors (Lipinski definition) is 0. The van der Waals surface area contributed by atoms with E-state index in [9.17, 15) is 0 Å². The van der Waals surface area contributed by atoms with E-state index < -0.39 is 0 Å². The summed E-state index contributed by atoms with van der Waals surface area (Å²) in [5.41, 5.74) is 3.37. The van der Waals surface area contributed by atoms with E-state index in [1.165, 1.54) is 31.2 Å². The minimum atomic E-state index is 0.490. The first kappa shape index (κ1) is 19.2. The maximum atomic E-state index is 6.20. The van der Waals surface area contributed by atoms with Gasteiger partial charge in [-0.1, -0.05) is 6.07 Å². The second-order valence-electron chi connectivity index (χ2n) is 8.59. The van der Waals surface area contributed by atoms with Crippen molar-refractivity contribution in [1.29, 1.82) is 0 Å². The van der Waals surface area contributed by atoms with Crippen LogP contribution in [0.5, 0.6) is 5.88 Å². The van der Waals surface area contributed by atoms with Crippen LogP contribution in [0, 0.1) is 11.8 Å². The minimum absolute atomic E-state index is 0.490. The quantitative estimate of drug-likeness (QED) is 0.544. The zero-order chi connectivity index (χ0) is 19.5. The third-order valence-electron chi connectivity index (χ3n) is 6.05. The van der Waals surface area contributed by atoms with Crippen molar-refractivity contribution in [3.8, 4) is 5.88 Å². The summed E-state index contributed by atoms with van der Waals surface area (Å²) in [6.45, 7) is 3.05. The lowest BCUT2D eigenvalue weighted by Crippen LogP contribution is -2.16. The summed E-state index contributed by atoms with van der Waals surface area (Å²) in [5.74, 6) is 2.83. The van der Waals surface area contributed by atoms with E-state index in [1.54, 1.807) is 11.3 Å². The first-order valence-corrected chi connectivity index (χ1v) is 11.9. The van der Waals surface area contributed by atoms with Crippen LogP contribution in [0.4, 0.5) is 0 Å². The van der Waals surface area contributed by atoms with Gasteiger partial charge in [0, 0.05) is 30.4 Å². The van der Waals surface area contributed by atoms with Gasteiger partial charge in [-0.3, -0.25) is 4.99 Å². The Morgan fingerprint density at radius 3 is 2.66 bits per heavy atom. The van der Waals surface area contributed by atoms with Crippen LogP contribution in [0.15, 0.2) is 28.7 Å². The normalized spacial score (nSPS) is 20.8. The molecule has 0 spiro atoms. The van der Waals surface area contributed by atoms with Crippen molar-refractivity contribution in [2.75, 3.05) is 19.8 Å². The minimum Gasteiger partial charge on any atom is -0.477 e. The van der Waals surface area contributed by atoms with Gasteiger partial charge in [-0.2, -0.15) is 0 Å². The summed E-state index contributed by atoms with van der Waals surface area (Å²) in [4.78, 5) is 14.3. The predicted molar refractivity (Wildman–Crippen MR) is 115 cm³/mol. The zero-order valence-electron chi connectivity index (χ0n) is 16.9. The molecule has 29 heavy (non-hydrogen) atoms. The van der Waals surface area contributed by atoms with Crippen LogP contribution in [-0.2, 0) is 11.3 Å². The zero-order valence-corrected chi connectivity index (χ0v) is 17.7. The molecule has 3 heterocycles. The molecule has 2 saturated carbocycles. The number of nitrogens with zero attached hydrogens (tertiary/aromatic N) is 3.